The highest BCUT2D eigenvalue weighted by Crippen LogP contribution is 2.26. The van der Waals surface area contributed by atoms with E-state index in [9.17, 15) is 4.79 Å². The largest absolute Gasteiger partial charge is 0.322 e. The second kappa shape index (κ2) is 5.95. The van der Waals surface area contributed by atoms with Crippen LogP contribution in [0.2, 0.25) is 10.0 Å². The molecule has 1 N–H and O–H groups in total. The highest BCUT2D eigenvalue weighted by Gasteiger charge is 2.10. The third kappa shape index (κ3) is 3.50. The third-order valence-corrected chi connectivity index (χ3v) is 4.07. The number of carbonyl (C=O) groups excluding carboxylic acids is 1. The predicted octanol–water partition coefficient (Wildman–Crippen LogP) is 5.32. The molecule has 0 unspecified atom stereocenters. The normalized spacial score (nSPS) is 10.3. The van der Waals surface area contributed by atoms with Crippen molar-refractivity contribution in [2.45, 2.75) is 6.92 Å². The molecule has 0 heterocycles. The SMILES string of the molecule is Cc1ccc(Cl)cc1C(=O)Nc1ccc(Cl)c(Br)c1. The van der Waals surface area contributed by atoms with Gasteiger partial charge in [0.15, 0.2) is 0 Å². The molecule has 0 aliphatic rings. The van der Waals surface area contributed by atoms with Crippen LogP contribution in [-0.4, -0.2) is 5.91 Å². The summed E-state index contributed by atoms with van der Waals surface area (Å²) in [6, 6.07) is 10.4. The van der Waals surface area contributed by atoms with E-state index in [0.29, 0.717) is 21.3 Å². The van der Waals surface area contributed by atoms with E-state index in [1.54, 1.807) is 30.3 Å². The number of hydrogen-bond acceptors (Lipinski definition) is 1. The molecule has 0 saturated carbocycles. The number of anilines is 1. The lowest BCUT2D eigenvalue weighted by Gasteiger charge is -2.09. The van der Waals surface area contributed by atoms with Gasteiger partial charge in [-0.25, -0.2) is 0 Å². The zero-order valence-electron chi connectivity index (χ0n) is 10.0. The lowest BCUT2D eigenvalue weighted by molar-refractivity contribution is 0.102. The monoisotopic (exact) mass is 357 g/mol. The van der Waals surface area contributed by atoms with E-state index < -0.39 is 0 Å². The highest BCUT2D eigenvalue weighted by molar-refractivity contribution is 9.10. The number of hydrogen-bond donors (Lipinski definition) is 1. The molecule has 2 aromatic rings. The molecule has 0 radical (unpaired) electrons. The molecule has 2 nitrogen and oxygen atoms in total. The molecular formula is C14H10BrCl2NO. The van der Waals surface area contributed by atoms with Gasteiger partial charge in [-0.15, -0.1) is 0 Å². The van der Waals surface area contributed by atoms with Gasteiger partial charge < -0.3 is 5.32 Å². The van der Waals surface area contributed by atoms with Gasteiger partial charge in [0.1, 0.15) is 0 Å². The van der Waals surface area contributed by atoms with Crippen molar-refractivity contribution in [3.05, 3.63) is 62.0 Å². The Balaban J connectivity index is 2.25. The zero-order chi connectivity index (χ0) is 14.0. The number of aryl methyl sites for hydroxylation is 1. The van der Waals surface area contributed by atoms with Crippen molar-refractivity contribution in [2.24, 2.45) is 0 Å². The summed E-state index contributed by atoms with van der Waals surface area (Å²) in [4.78, 5) is 12.2. The predicted molar refractivity (Wildman–Crippen MR) is 83.3 cm³/mol. The van der Waals surface area contributed by atoms with Crippen molar-refractivity contribution < 1.29 is 4.79 Å². The van der Waals surface area contributed by atoms with Gasteiger partial charge in [0, 0.05) is 20.7 Å². The van der Waals surface area contributed by atoms with Crippen LogP contribution >= 0.6 is 39.1 Å². The van der Waals surface area contributed by atoms with E-state index in [1.807, 2.05) is 13.0 Å². The van der Waals surface area contributed by atoms with Crippen molar-refractivity contribution in [1.82, 2.24) is 0 Å². The number of rotatable bonds is 2. The highest BCUT2D eigenvalue weighted by atomic mass is 79.9. The standard InChI is InChI=1S/C14H10BrCl2NO/c1-8-2-3-9(16)6-11(8)14(19)18-10-4-5-13(17)12(15)7-10/h2-7H,1H3,(H,18,19). The Hall–Kier alpha value is -1.03. The zero-order valence-corrected chi connectivity index (χ0v) is 13.1. The maximum absolute atomic E-state index is 12.2. The van der Waals surface area contributed by atoms with Gasteiger partial charge in [-0.3, -0.25) is 4.79 Å². The molecule has 5 heteroatoms. The fraction of sp³-hybridized carbons (Fsp3) is 0.0714. The maximum atomic E-state index is 12.2. The fourth-order valence-electron chi connectivity index (χ4n) is 1.61. The molecule has 0 bridgehead atoms. The molecule has 2 aromatic carbocycles. The summed E-state index contributed by atoms with van der Waals surface area (Å²) in [7, 11) is 0. The van der Waals surface area contributed by atoms with Crippen molar-refractivity contribution in [1.29, 1.82) is 0 Å². The van der Waals surface area contributed by atoms with Gasteiger partial charge in [-0.2, -0.15) is 0 Å². The average Bonchev–Trinajstić information content (AvgIpc) is 2.36. The van der Waals surface area contributed by atoms with Gasteiger partial charge in [0.2, 0.25) is 0 Å². The average molecular weight is 359 g/mol. The van der Waals surface area contributed by atoms with Crippen LogP contribution in [0.15, 0.2) is 40.9 Å². The minimum atomic E-state index is -0.200. The first-order valence-electron chi connectivity index (χ1n) is 5.50. The molecule has 98 valence electrons. The lowest BCUT2D eigenvalue weighted by Crippen LogP contribution is -2.13. The lowest BCUT2D eigenvalue weighted by atomic mass is 10.1. The number of nitrogens with one attached hydrogen (secondary N) is 1. The smallest absolute Gasteiger partial charge is 0.255 e. The van der Waals surface area contributed by atoms with Crippen LogP contribution in [0.5, 0.6) is 0 Å². The molecule has 0 atom stereocenters. The van der Waals surface area contributed by atoms with Crippen molar-refractivity contribution in [2.75, 3.05) is 5.32 Å². The molecule has 0 saturated heterocycles. The van der Waals surface area contributed by atoms with Crippen molar-refractivity contribution in [3.8, 4) is 0 Å². The van der Waals surface area contributed by atoms with Crippen LogP contribution in [-0.2, 0) is 0 Å². The Morgan fingerprint density at radius 2 is 1.89 bits per heavy atom. The summed E-state index contributed by atoms with van der Waals surface area (Å²) < 4.78 is 0.731. The Bertz CT molecular complexity index is 643. The van der Waals surface area contributed by atoms with Gasteiger partial charge in [-0.05, 0) is 58.7 Å². The van der Waals surface area contributed by atoms with Crippen LogP contribution in [0.25, 0.3) is 0 Å². The number of amides is 1. The van der Waals surface area contributed by atoms with Crippen LogP contribution in [0.1, 0.15) is 15.9 Å². The fourth-order valence-corrected chi connectivity index (χ4v) is 2.28. The Morgan fingerprint density at radius 3 is 2.58 bits per heavy atom. The number of benzene rings is 2. The van der Waals surface area contributed by atoms with E-state index in [0.717, 1.165) is 10.0 Å². The quantitative estimate of drug-likeness (QED) is 0.773. The van der Waals surface area contributed by atoms with Crippen LogP contribution < -0.4 is 5.32 Å². The molecule has 2 rings (SSSR count). The van der Waals surface area contributed by atoms with Gasteiger partial charge in [-0.1, -0.05) is 29.3 Å². The van der Waals surface area contributed by atoms with Crippen LogP contribution in [0.3, 0.4) is 0 Å². The van der Waals surface area contributed by atoms with E-state index >= 15 is 0 Å². The molecular weight excluding hydrogens is 349 g/mol. The van der Waals surface area contributed by atoms with Gasteiger partial charge >= 0.3 is 0 Å². The third-order valence-electron chi connectivity index (χ3n) is 2.62. The van der Waals surface area contributed by atoms with Crippen LogP contribution in [0.4, 0.5) is 5.69 Å². The second-order valence-electron chi connectivity index (χ2n) is 4.04. The molecule has 0 aliphatic carbocycles. The Labute approximate surface area is 129 Å². The second-order valence-corrected chi connectivity index (χ2v) is 5.74. The topological polar surface area (TPSA) is 29.1 Å². The summed E-state index contributed by atoms with van der Waals surface area (Å²) >= 11 is 15.1. The summed E-state index contributed by atoms with van der Waals surface area (Å²) in [5, 5.41) is 3.94. The minimum absolute atomic E-state index is 0.200. The molecule has 1 amide bonds. The van der Waals surface area contributed by atoms with E-state index in [2.05, 4.69) is 21.2 Å². The summed E-state index contributed by atoms with van der Waals surface area (Å²) in [5.41, 5.74) is 2.09. The van der Waals surface area contributed by atoms with Gasteiger partial charge in [0.25, 0.3) is 5.91 Å². The van der Waals surface area contributed by atoms with E-state index in [-0.39, 0.29) is 5.91 Å². The summed E-state index contributed by atoms with van der Waals surface area (Å²) in [5.74, 6) is -0.200. The Kier molecular flexibility index (Phi) is 4.50. The van der Waals surface area contributed by atoms with Crippen molar-refractivity contribution in [3.63, 3.8) is 0 Å². The first-order valence-corrected chi connectivity index (χ1v) is 7.05. The van der Waals surface area contributed by atoms with Gasteiger partial charge in [0.05, 0.1) is 5.02 Å². The van der Waals surface area contributed by atoms with E-state index in [1.165, 1.54) is 0 Å². The molecule has 19 heavy (non-hydrogen) atoms. The first kappa shape index (κ1) is 14.4. The molecule has 0 spiro atoms. The molecule has 0 aromatic heterocycles. The number of carbonyl (C=O) groups is 1. The van der Waals surface area contributed by atoms with E-state index in [4.69, 9.17) is 23.2 Å². The summed E-state index contributed by atoms with van der Waals surface area (Å²) in [6.45, 7) is 1.86. The molecule has 0 fully saturated rings. The summed E-state index contributed by atoms with van der Waals surface area (Å²) in [6.07, 6.45) is 0. The maximum Gasteiger partial charge on any atom is 0.255 e. The minimum Gasteiger partial charge on any atom is -0.322 e. The Morgan fingerprint density at radius 1 is 1.16 bits per heavy atom. The molecule has 0 aliphatic heterocycles. The van der Waals surface area contributed by atoms with Crippen molar-refractivity contribution >= 4 is 50.7 Å². The van der Waals surface area contributed by atoms with Crippen LogP contribution in [0, 0.1) is 6.92 Å². The first-order chi connectivity index (χ1) is 8.97. The number of halogens is 3.